The molecule has 2 atom stereocenters. The zero-order valence-corrected chi connectivity index (χ0v) is 12.1. The van der Waals surface area contributed by atoms with Crippen molar-refractivity contribution in [3.8, 4) is 5.75 Å². The number of pyridine rings is 1. The van der Waals surface area contributed by atoms with Crippen molar-refractivity contribution in [2.75, 3.05) is 0 Å². The quantitative estimate of drug-likeness (QED) is 0.845. The minimum Gasteiger partial charge on any atom is -0.508 e. The lowest BCUT2D eigenvalue weighted by atomic mass is 10.0. The van der Waals surface area contributed by atoms with Crippen molar-refractivity contribution in [1.29, 1.82) is 0 Å². The van der Waals surface area contributed by atoms with Crippen LogP contribution in [0.3, 0.4) is 0 Å². The van der Waals surface area contributed by atoms with Gasteiger partial charge in [-0.3, -0.25) is 4.98 Å². The molecule has 0 saturated heterocycles. The first-order valence-electron chi connectivity index (χ1n) is 7.10. The molecule has 1 aromatic heterocycles. The van der Waals surface area contributed by atoms with Crippen LogP contribution in [-0.4, -0.2) is 16.1 Å². The van der Waals surface area contributed by atoms with Crippen LogP contribution in [0.1, 0.15) is 37.6 Å². The fourth-order valence-corrected chi connectivity index (χ4v) is 2.27. The van der Waals surface area contributed by atoms with Crippen LogP contribution in [0.2, 0.25) is 0 Å². The Kier molecular flexibility index (Phi) is 5.13. The van der Waals surface area contributed by atoms with Gasteiger partial charge in [-0.1, -0.05) is 18.2 Å². The predicted octanol–water partition coefficient (Wildman–Crippen LogP) is 3.46. The zero-order chi connectivity index (χ0) is 14.4. The van der Waals surface area contributed by atoms with Gasteiger partial charge in [0.15, 0.2) is 0 Å². The Bertz CT molecular complexity index is 510. The van der Waals surface area contributed by atoms with Crippen LogP contribution < -0.4 is 5.32 Å². The Labute approximate surface area is 120 Å². The number of aryl methyl sites for hydroxylation is 1. The molecule has 1 heterocycles. The molecule has 3 nitrogen and oxygen atoms in total. The average Bonchev–Trinajstić information content (AvgIpc) is 2.47. The van der Waals surface area contributed by atoms with Crippen molar-refractivity contribution in [3.05, 3.63) is 59.9 Å². The van der Waals surface area contributed by atoms with Crippen molar-refractivity contribution in [3.63, 3.8) is 0 Å². The highest BCUT2D eigenvalue weighted by molar-refractivity contribution is 5.25. The lowest BCUT2D eigenvalue weighted by molar-refractivity contribution is 0.450. The maximum Gasteiger partial charge on any atom is 0.115 e. The van der Waals surface area contributed by atoms with Gasteiger partial charge in [0.25, 0.3) is 0 Å². The second kappa shape index (κ2) is 7.06. The van der Waals surface area contributed by atoms with Crippen molar-refractivity contribution in [2.24, 2.45) is 0 Å². The Hall–Kier alpha value is -1.87. The summed E-state index contributed by atoms with van der Waals surface area (Å²) in [7, 11) is 0. The monoisotopic (exact) mass is 270 g/mol. The first-order valence-corrected chi connectivity index (χ1v) is 7.10. The number of phenolic OH excluding ortho intramolecular Hbond substituents is 1. The van der Waals surface area contributed by atoms with E-state index in [0.717, 1.165) is 18.5 Å². The number of nitrogens with one attached hydrogen (secondary N) is 1. The molecular weight excluding hydrogens is 248 g/mol. The SMILES string of the molecule is CC(CCc1ccc(O)cc1)N[C@@H](C)c1ccccn1. The minimum atomic E-state index is 0.256. The van der Waals surface area contributed by atoms with E-state index in [9.17, 15) is 5.11 Å². The molecule has 0 aliphatic carbocycles. The van der Waals surface area contributed by atoms with Gasteiger partial charge in [0.05, 0.1) is 5.69 Å². The first kappa shape index (κ1) is 14.5. The van der Waals surface area contributed by atoms with Gasteiger partial charge in [-0.25, -0.2) is 0 Å². The van der Waals surface area contributed by atoms with Gasteiger partial charge in [0.1, 0.15) is 5.75 Å². The Balaban J connectivity index is 1.80. The highest BCUT2D eigenvalue weighted by atomic mass is 16.3. The highest BCUT2D eigenvalue weighted by Gasteiger charge is 2.10. The molecule has 1 unspecified atom stereocenters. The number of aromatic hydroxyl groups is 1. The standard InChI is InChI=1S/C17H22N2O/c1-13(6-7-15-8-10-16(20)11-9-15)19-14(2)17-5-3-4-12-18-17/h3-5,8-14,19-20H,6-7H2,1-2H3/t13?,14-/m0/s1. The van der Waals surface area contributed by atoms with E-state index in [1.54, 1.807) is 12.1 Å². The summed E-state index contributed by atoms with van der Waals surface area (Å²) in [6.07, 6.45) is 3.89. The molecule has 2 aromatic rings. The topological polar surface area (TPSA) is 45.1 Å². The summed E-state index contributed by atoms with van der Waals surface area (Å²) in [6.45, 7) is 4.33. The van der Waals surface area contributed by atoms with Crippen LogP contribution in [0, 0.1) is 0 Å². The number of aromatic nitrogens is 1. The number of hydrogen-bond acceptors (Lipinski definition) is 3. The molecule has 0 spiro atoms. The smallest absolute Gasteiger partial charge is 0.115 e. The minimum absolute atomic E-state index is 0.256. The molecule has 1 aromatic carbocycles. The number of phenols is 1. The molecule has 0 fully saturated rings. The number of hydrogen-bond donors (Lipinski definition) is 2. The first-order chi connectivity index (χ1) is 9.65. The second-order valence-corrected chi connectivity index (χ2v) is 5.25. The highest BCUT2D eigenvalue weighted by Crippen LogP contribution is 2.14. The summed E-state index contributed by atoms with van der Waals surface area (Å²) in [5, 5.41) is 12.8. The van der Waals surface area contributed by atoms with E-state index in [-0.39, 0.29) is 6.04 Å². The maximum atomic E-state index is 9.26. The third-order valence-corrected chi connectivity index (χ3v) is 3.47. The van der Waals surface area contributed by atoms with Crippen molar-refractivity contribution in [2.45, 2.75) is 38.8 Å². The lowest BCUT2D eigenvalue weighted by Crippen LogP contribution is -2.29. The summed E-state index contributed by atoms with van der Waals surface area (Å²) >= 11 is 0. The normalized spacial score (nSPS) is 13.9. The van der Waals surface area contributed by atoms with E-state index in [2.05, 4.69) is 24.1 Å². The number of rotatable bonds is 6. The largest absolute Gasteiger partial charge is 0.508 e. The van der Waals surface area contributed by atoms with E-state index in [1.807, 2.05) is 36.5 Å². The van der Waals surface area contributed by atoms with Gasteiger partial charge in [-0.15, -0.1) is 0 Å². The molecule has 0 aliphatic heterocycles. The van der Waals surface area contributed by atoms with Gasteiger partial charge in [0, 0.05) is 18.3 Å². The van der Waals surface area contributed by atoms with Gasteiger partial charge in [0.2, 0.25) is 0 Å². The van der Waals surface area contributed by atoms with E-state index >= 15 is 0 Å². The van der Waals surface area contributed by atoms with Crippen LogP contribution in [0.4, 0.5) is 0 Å². The molecule has 0 bridgehead atoms. The van der Waals surface area contributed by atoms with Crippen LogP contribution in [-0.2, 0) is 6.42 Å². The third-order valence-electron chi connectivity index (χ3n) is 3.47. The van der Waals surface area contributed by atoms with Crippen molar-refractivity contribution >= 4 is 0 Å². The summed E-state index contributed by atoms with van der Waals surface area (Å²) in [5.74, 6) is 0.323. The summed E-state index contributed by atoms with van der Waals surface area (Å²) in [6, 6.07) is 14.1. The zero-order valence-electron chi connectivity index (χ0n) is 12.1. The van der Waals surface area contributed by atoms with Gasteiger partial charge >= 0.3 is 0 Å². The number of nitrogens with zero attached hydrogens (tertiary/aromatic N) is 1. The average molecular weight is 270 g/mol. The summed E-state index contributed by atoms with van der Waals surface area (Å²) in [4.78, 5) is 4.37. The molecule has 2 rings (SSSR count). The fourth-order valence-electron chi connectivity index (χ4n) is 2.27. The van der Waals surface area contributed by atoms with E-state index in [1.165, 1.54) is 5.56 Å². The molecule has 0 radical (unpaired) electrons. The fraction of sp³-hybridized carbons (Fsp3) is 0.353. The van der Waals surface area contributed by atoms with E-state index in [4.69, 9.17) is 0 Å². The second-order valence-electron chi connectivity index (χ2n) is 5.25. The summed E-state index contributed by atoms with van der Waals surface area (Å²) < 4.78 is 0. The maximum absolute atomic E-state index is 9.26. The van der Waals surface area contributed by atoms with Gasteiger partial charge in [-0.2, -0.15) is 0 Å². The van der Waals surface area contributed by atoms with E-state index in [0.29, 0.717) is 11.8 Å². The molecule has 0 aliphatic rings. The Morgan fingerprint density at radius 2 is 1.85 bits per heavy atom. The van der Waals surface area contributed by atoms with E-state index < -0.39 is 0 Å². The molecule has 106 valence electrons. The van der Waals surface area contributed by atoms with Crippen LogP contribution in [0.5, 0.6) is 5.75 Å². The van der Waals surface area contributed by atoms with Gasteiger partial charge < -0.3 is 10.4 Å². The molecule has 2 N–H and O–H groups in total. The molecular formula is C17H22N2O. The number of benzene rings is 1. The molecule has 20 heavy (non-hydrogen) atoms. The lowest BCUT2D eigenvalue weighted by Gasteiger charge is -2.19. The third kappa shape index (κ3) is 4.35. The van der Waals surface area contributed by atoms with Crippen LogP contribution in [0.15, 0.2) is 48.7 Å². The molecule has 3 heteroatoms. The molecule has 0 saturated carbocycles. The Morgan fingerprint density at radius 1 is 1.10 bits per heavy atom. The van der Waals surface area contributed by atoms with Crippen LogP contribution in [0.25, 0.3) is 0 Å². The van der Waals surface area contributed by atoms with Crippen LogP contribution >= 0.6 is 0 Å². The predicted molar refractivity (Wildman–Crippen MR) is 81.7 cm³/mol. The summed E-state index contributed by atoms with van der Waals surface area (Å²) in [5.41, 5.74) is 2.32. The van der Waals surface area contributed by atoms with Crippen molar-refractivity contribution < 1.29 is 5.11 Å². The van der Waals surface area contributed by atoms with Crippen molar-refractivity contribution in [1.82, 2.24) is 10.3 Å². The Morgan fingerprint density at radius 3 is 2.50 bits per heavy atom. The van der Waals surface area contributed by atoms with Gasteiger partial charge in [-0.05, 0) is 56.5 Å². The molecule has 0 amide bonds.